The fraction of sp³-hybridized carbons (Fsp3) is 0.0588. The molecular formula is C17H14ClN3O3S. The Hall–Kier alpha value is -2.64. The first-order valence-electron chi connectivity index (χ1n) is 7.28. The first kappa shape index (κ1) is 17.2. The summed E-state index contributed by atoms with van der Waals surface area (Å²) < 4.78 is 28.7. The van der Waals surface area contributed by atoms with Gasteiger partial charge in [0.05, 0.1) is 10.6 Å². The number of rotatable bonds is 4. The maximum absolute atomic E-state index is 12.5. The zero-order valence-corrected chi connectivity index (χ0v) is 14.8. The van der Waals surface area contributed by atoms with Gasteiger partial charge in [-0.2, -0.15) is 5.10 Å². The third-order valence-electron chi connectivity index (χ3n) is 3.48. The SMILES string of the molecule is Cn1nc(-c2cccc(NS(=O)(=O)c3cccc(Cl)c3)c2)ccc1=O. The van der Waals surface area contributed by atoms with Gasteiger partial charge in [0, 0.05) is 29.4 Å². The average molecular weight is 376 g/mol. The molecule has 25 heavy (non-hydrogen) atoms. The standard InChI is InChI=1S/C17H14ClN3O3S/c1-21-17(22)9-8-16(19-21)12-4-2-6-14(10-12)20-25(23,24)15-7-3-5-13(18)11-15/h2-11,20H,1H3. The van der Waals surface area contributed by atoms with Gasteiger partial charge in [0.2, 0.25) is 0 Å². The molecule has 0 unspecified atom stereocenters. The molecule has 0 saturated carbocycles. The third-order valence-corrected chi connectivity index (χ3v) is 5.09. The van der Waals surface area contributed by atoms with Crippen molar-refractivity contribution >= 4 is 27.3 Å². The molecule has 1 heterocycles. The van der Waals surface area contributed by atoms with Gasteiger partial charge in [-0.05, 0) is 36.4 Å². The lowest BCUT2D eigenvalue weighted by Gasteiger charge is -2.10. The molecule has 128 valence electrons. The number of halogens is 1. The summed E-state index contributed by atoms with van der Waals surface area (Å²) in [7, 11) is -2.21. The van der Waals surface area contributed by atoms with Crippen LogP contribution in [0.1, 0.15) is 0 Å². The highest BCUT2D eigenvalue weighted by Crippen LogP contribution is 2.23. The lowest BCUT2D eigenvalue weighted by molar-refractivity contribution is 0.601. The van der Waals surface area contributed by atoms with E-state index in [1.807, 2.05) is 0 Å². The lowest BCUT2D eigenvalue weighted by atomic mass is 10.1. The Kier molecular flexibility index (Phi) is 4.61. The lowest BCUT2D eigenvalue weighted by Crippen LogP contribution is -2.18. The zero-order chi connectivity index (χ0) is 18.0. The second-order valence-corrected chi connectivity index (χ2v) is 7.44. The number of nitrogens with one attached hydrogen (secondary N) is 1. The van der Waals surface area contributed by atoms with E-state index >= 15 is 0 Å². The Morgan fingerprint density at radius 3 is 2.52 bits per heavy atom. The van der Waals surface area contributed by atoms with Crippen LogP contribution in [0, 0.1) is 0 Å². The van der Waals surface area contributed by atoms with Crippen LogP contribution in [-0.4, -0.2) is 18.2 Å². The zero-order valence-electron chi connectivity index (χ0n) is 13.2. The van der Waals surface area contributed by atoms with E-state index in [1.54, 1.807) is 49.5 Å². The van der Waals surface area contributed by atoms with Gasteiger partial charge in [0.25, 0.3) is 15.6 Å². The summed E-state index contributed by atoms with van der Waals surface area (Å²) in [6.07, 6.45) is 0. The van der Waals surface area contributed by atoms with Crippen LogP contribution in [-0.2, 0) is 17.1 Å². The van der Waals surface area contributed by atoms with Gasteiger partial charge >= 0.3 is 0 Å². The second kappa shape index (κ2) is 6.70. The number of sulfonamides is 1. The number of anilines is 1. The molecule has 1 aromatic heterocycles. The molecular weight excluding hydrogens is 362 g/mol. The van der Waals surface area contributed by atoms with Gasteiger partial charge in [-0.1, -0.05) is 29.8 Å². The maximum Gasteiger partial charge on any atom is 0.266 e. The van der Waals surface area contributed by atoms with Crippen LogP contribution >= 0.6 is 11.6 Å². The Morgan fingerprint density at radius 2 is 1.80 bits per heavy atom. The molecule has 0 atom stereocenters. The highest BCUT2D eigenvalue weighted by molar-refractivity contribution is 7.92. The number of aryl methyl sites for hydroxylation is 1. The fourth-order valence-electron chi connectivity index (χ4n) is 2.25. The topological polar surface area (TPSA) is 81.1 Å². The first-order valence-corrected chi connectivity index (χ1v) is 9.14. The summed E-state index contributed by atoms with van der Waals surface area (Å²) in [5.41, 5.74) is 1.41. The van der Waals surface area contributed by atoms with Crippen molar-refractivity contribution in [3.05, 3.63) is 76.0 Å². The van der Waals surface area contributed by atoms with Crippen LogP contribution in [0.15, 0.2) is 70.4 Å². The summed E-state index contributed by atoms with van der Waals surface area (Å²) in [4.78, 5) is 11.5. The van der Waals surface area contributed by atoms with E-state index in [1.165, 1.54) is 22.9 Å². The van der Waals surface area contributed by atoms with Crippen molar-refractivity contribution in [1.82, 2.24) is 9.78 Å². The highest BCUT2D eigenvalue weighted by atomic mass is 35.5. The van der Waals surface area contributed by atoms with Crippen molar-refractivity contribution in [1.29, 1.82) is 0 Å². The molecule has 6 nitrogen and oxygen atoms in total. The van der Waals surface area contributed by atoms with Gasteiger partial charge in [0.15, 0.2) is 0 Å². The Bertz CT molecular complexity index is 1090. The maximum atomic E-state index is 12.5. The highest BCUT2D eigenvalue weighted by Gasteiger charge is 2.15. The van der Waals surface area contributed by atoms with Crippen molar-refractivity contribution in [2.24, 2.45) is 7.05 Å². The van der Waals surface area contributed by atoms with Crippen molar-refractivity contribution in [2.45, 2.75) is 4.90 Å². The van der Waals surface area contributed by atoms with E-state index in [0.29, 0.717) is 22.0 Å². The largest absolute Gasteiger partial charge is 0.280 e. The quantitative estimate of drug-likeness (QED) is 0.760. The second-order valence-electron chi connectivity index (χ2n) is 5.32. The summed E-state index contributed by atoms with van der Waals surface area (Å²) >= 11 is 5.86. The molecule has 0 bridgehead atoms. The predicted octanol–water partition coefficient (Wildman–Crippen LogP) is 2.90. The van der Waals surface area contributed by atoms with Gasteiger partial charge in [-0.3, -0.25) is 9.52 Å². The summed E-state index contributed by atoms with van der Waals surface area (Å²) in [6.45, 7) is 0. The van der Waals surface area contributed by atoms with Crippen LogP contribution in [0.3, 0.4) is 0 Å². The summed E-state index contributed by atoms with van der Waals surface area (Å²) in [6, 6.07) is 15.8. The normalized spacial score (nSPS) is 11.3. The number of benzene rings is 2. The molecule has 0 saturated heterocycles. The van der Waals surface area contributed by atoms with Gasteiger partial charge in [-0.15, -0.1) is 0 Å². The molecule has 3 aromatic rings. The van der Waals surface area contributed by atoms with Crippen LogP contribution in [0.2, 0.25) is 5.02 Å². The van der Waals surface area contributed by atoms with Gasteiger partial charge in [0.1, 0.15) is 0 Å². The Labute approximate surface area is 149 Å². The van der Waals surface area contributed by atoms with E-state index in [4.69, 9.17) is 11.6 Å². The van der Waals surface area contributed by atoms with E-state index in [-0.39, 0.29) is 10.5 Å². The van der Waals surface area contributed by atoms with Crippen LogP contribution in [0.5, 0.6) is 0 Å². The van der Waals surface area contributed by atoms with Crippen molar-refractivity contribution < 1.29 is 8.42 Å². The van der Waals surface area contributed by atoms with Crippen molar-refractivity contribution in [3.63, 3.8) is 0 Å². The Morgan fingerprint density at radius 1 is 1.04 bits per heavy atom. The summed E-state index contributed by atoms with van der Waals surface area (Å²) in [5, 5.41) is 4.50. The molecule has 0 fully saturated rings. The molecule has 1 N–H and O–H groups in total. The predicted molar refractivity (Wildman–Crippen MR) is 97.2 cm³/mol. The molecule has 0 aliphatic rings. The summed E-state index contributed by atoms with van der Waals surface area (Å²) in [5.74, 6) is 0. The molecule has 0 aliphatic carbocycles. The van der Waals surface area contributed by atoms with Crippen LogP contribution in [0.25, 0.3) is 11.3 Å². The smallest absolute Gasteiger partial charge is 0.266 e. The Balaban J connectivity index is 1.94. The van der Waals surface area contributed by atoms with E-state index in [9.17, 15) is 13.2 Å². The van der Waals surface area contributed by atoms with Crippen LogP contribution < -0.4 is 10.3 Å². The monoisotopic (exact) mass is 375 g/mol. The van der Waals surface area contributed by atoms with Crippen molar-refractivity contribution in [2.75, 3.05) is 4.72 Å². The number of nitrogens with zero attached hydrogens (tertiary/aromatic N) is 2. The first-order chi connectivity index (χ1) is 11.8. The minimum atomic E-state index is -3.76. The van der Waals surface area contributed by atoms with Crippen molar-refractivity contribution in [3.8, 4) is 11.3 Å². The number of hydrogen-bond acceptors (Lipinski definition) is 4. The molecule has 2 aromatic carbocycles. The van der Waals surface area contributed by atoms with Crippen LogP contribution in [0.4, 0.5) is 5.69 Å². The molecule has 3 rings (SSSR count). The minimum absolute atomic E-state index is 0.0747. The fourth-order valence-corrected chi connectivity index (χ4v) is 3.60. The van der Waals surface area contributed by atoms with E-state index < -0.39 is 10.0 Å². The van der Waals surface area contributed by atoms with E-state index in [2.05, 4.69) is 9.82 Å². The number of hydrogen-bond donors (Lipinski definition) is 1. The molecule has 0 spiro atoms. The minimum Gasteiger partial charge on any atom is -0.280 e. The average Bonchev–Trinajstić information content (AvgIpc) is 2.57. The molecule has 0 amide bonds. The van der Waals surface area contributed by atoms with Gasteiger partial charge in [-0.25, -0.2) is 13.1 Å². The molecule has 8 heteroatoms. The van der Waals surface area contributed by atoms with E-state index in [0.717, 1.165) is 0 Å². The molecule has 0 radical (unpaired) electrons. The number of aromatic nitrogens is 2. The third kappa shape index (κ3) is 3.89. The van der Waals surface area contributed by atoms with Gasteiger partial charge < -0.3 is 0 Å². The molecule has 0 aliphatic heterocycles.